The monoisotopic (exact) mass is 226 g/mol. The summed E-state index contributed by atoms with van der Waals surface area (Å²) in [5.74, 6) is -0.241. The van der Waals surface area contributed by atoms with Crippen molar-refractivity contribution in [3.05, 3.63) is 41.7 Å². The fourth-order valence-corrected chi connectivity index (χ4v) is 1.92. The van der Waals surface area contributed by atoms with Gasteiger partial charge in [-0.05, 0) is 25.1 Å². The summed E-state index contributed by atoms with van der Waals surface area (Å²) in [6.45, 7) is 1.93. The van der Waals surface area contributed by atoms with Crippen LogP contribution >= 0.6 is 11.6 Å². The highest BCUT2D eigenvalue weighted by atomic mass is 35.5. The summed E-state index contributed by atoms with van der Waals surface area (Å²) in [4.78, 5) is 0. The standard InChI is InChI=1S/C11H12ClFN2/c1-7-14-10(6-11(12)15-7)8-4-2-3-5-9(8)13/h2-7,11,14-15H,1H3. The molecule has 1 aliphatic rings. The van der Waals surface area contributed by atoms with Crippen LogP contribution in [0.4, 0.5) is 4.39 Å². The van der Waals surface area contributed by atoms with Crippen molar-refractivity contribution in [1.82, 2.24) is 10.6 Å². The molecular weight excluding hydrogens is 215 g/mol. The molecule has 0 saturated heterocycles. The smallest absolute Gasteiger partial charge is 0.132 e. The van der Waals surface area contributed by atoms with Crippen LogP contribution in [0.3, 0.4) is 0 Å². The fraction of sp³-hybridized carbons (Fsp3) is 0.273. The van der Waals surface area contributed by atoms with E-state index in [-0.39, 0.29) is 17.5 Å². The van der Waals surface area contributed by atoms with Crippen molar-refractivity contribution < 1.29 is 4.39 Å². The molecular formula is C11H12ClFN2. The Bertz CT molecular complexity index is 392. The molecule has 0 aliphatic carbocycles. The minimum atomic E-state index is -0.268. The summed E-state index contributed by atoms with van der Waals surface area (Å²) < 4.78 is 13.5. The maximum Gasteiger partial charge on any atom is 0.132 e. The Hall–Kier alpha value is -1.06. The van der Waals surface area contributed by atoms with Gasteiger partial charge in [0.15, 0.2) is 0 Å². The molecule has 2 N–H and O–H groups in total. The van der Waals surface area contributed by atoms with Crippen molar-refractivity contribution in [2.45, 2.75) is 18.6 Å². The SMILES string of the molecule is CC1NC(c2ccccc2F)=CC(Cl)N1. The van der Waals surface area contributed by atoms with Gasteiger partial charge in [-0.2, -0.15) is 0 Å². The van der Waals surface area contributed by atoms with Crippen molar-refractivity contribution in [3.8, 4) is 0 Å². The van der Waals surface area contributed by atoms with E-state index in [1.807, 2.05) is 6.92 Å². The summed E-state index contributed by atoms with van der Waals surface area (Å²) in [6, 6.07) is 6.64. The lowest BCUT2D eigenvalue weighted by atomic mass is 10.1. The second-order valence-corrected chi connectivity index (χ2v) is 3.96. The molecule has 2 rings (SSSR count). The van der Waals surface area contributed by atoms with Crippen LogP contribution in [-0.2, 0) is 0 Å². The molecule has 0 aromatic heterocycles. The Morgan fingerprint density at radius 3 is 2.73 bits per heavy atom. The van der Waals surface area contributed by atoms with E-state index in [2.05, 4.69) is 10.6 Å². The van der Waals surface area contributed by atoms with Crippen LogP contribution in [0.15, 0.2) is 30.3 Å². The lowest BCUT2D eigenvalue weighted by Crippen LogP contribution is -2.46. The number of alkyl halides is 1. The number of hydrogen-bond donors (Lipinski definition) is 2. The second-order valence-electron chi connectivity index (χ2n) is 3.49. The van der Waals surface area contributed by atoms with Crippen molar-refractivity contribution in [2.24, 2.45) is 0 Å². The number of nitrogens with one attached hydrogen (secondary N) is 2. The lowest BCUT2D eigenvalue weighted by Gasteiger charge is -2.27. The average Bonchev–Trinajstić information content (AvgIpc) is 2.16. The zero-order valence-electron chi connectivity index (χ0n) is 8.30. The minimum absolute atomic E-state index is 0.0344. The first kappa shape index (κ1) is 10.5. The number of rotatable bonds is 1. The molecule has 1 aliphatic heterocycles. The van der Waals surface area contributed by atoms with Crippen LogP contribution in [0.5, 0.6) is 0 Å². The number of benzene rings is 1. The minimum Gasteiger partial charge on any atom is -0.370 e. The van der Waals surface area contributed by atoms with E-state index in [9.17, 15) is 4.39 Å². The number of halogens is 2. The van der Waals surface area contributed by atoms with Gasteiger partial charge in [-0.1, -0.05) is 12.1 Å². The molecule has 1 aromatic carbocycles. The zero-order chi connectivity index (χ0) is 10.8. The predicted molar refractivity (Wildman–Crippen MR) is 59.8 cm³/mol. The van der Waals surface area contributed by atoms with Gasteiger partial charge in [0.2, 0.25) is 0 Å². The van der Waals surface area contributed by atoms with E-state index in [1.165, 1.54) is 6.07 Å². The van der Waals surface area contributed by atoms with Crippen LogP contribution in [0.2, 0.25) is 0 Å². The quantitative estimate of drug-likeness (QED) is 0.567. The molecule has 4 heteroatoms. The van der Waals surface area contributed by atoms with Gasteiger partial charge in [-0.3, -0.25) is 5.32 Å². The maximum atomic E-state index is 13.5. The molecule has 2 unspecified atom stereocenters. The van der Waals surface area contributed by atoms with E-state index in [1.54, 1.807) is 24.3 Å². The Balaban J connectivity index is 2.35. The molecule has 0 amide bonds. The third-order valence-electron chi connectivity index (χ3n) is 2.26. The van der Waals surface area contributed by atoms with Crippen molar-refractivity contribution >= 4 is 17.3 Å². The molecule has 15 heavy (non-hydrogen) atoms. The Kier molecular flexibility index (Phi) is 2.93. The zero-order valence-corrected chi connectivity index (χ0v) is 9.05. The molecule has 0 fully saturated rings. The maximum absolute atomic E-state index is 13.5. The first-order valence-electron chi connectivity index (χ1n) is 4.80. The Morgan fingerprint density at radius 2 is 2.07 bits per heavy atom. The first-order chi connectivity index (χ1) is 7.16. The normalized spacial score (nSPS) is 25.7. The highest BCUT2D eigenvalue weighted by molar-refractivity contribution is 6.22. The van der Waals surface area contributed by atoms with E-state index < -0.39 is 0 Å². The molecule has 0 spiro atoms. The van der Waals surface area contributed by atoms with Crippen LogP contribution < -0.4 is 10.6 Å². The summed E-state index contributed by atoms with van der Waals surface area (Å²) in [7, 11) is 0. The van der Waals surface area contributed by atoms with Gasteiger partial charge in [0.05, 0.1) is 6.17 Å². The summed E-state index contributed by atoms with van der Waals surface area (Å²) in [5.41, 5.74) is 1.02. The van der Waals surface area contributed by atoms with Gasteiger partial charge in [-0.15, -0.1) is 11.6 Å². The van der Waals surface area contributed by atoms with E-state index >= 15 is 0 Å². The lowest BCUT2D eigenvalue weighted by molar-refractivity contribution is 0.503. The van der Waals surface area contributed by atoms with Gasteiger partial charge in [0, 0.05) is 11.3 Å². The molecule has 0 radical (unpaired) electrons. The number of hydrogen-bond acceptors (Lipinski definition) is 2. The van der Waals surface area contributed by atoms with Crippen LogP contribution in [0.25, 0.3) is 5.70 Å². The third-order valence-corrected chi connectivity index (χ3v) is 2.51. The van der Waals surface area contributed by atoms with E-state index in [0.717, 1.165) is 5.70 Å². The summed E-state index contributed by atoms with van der Waals surface area (Å²) >= 11 is 5.96. The predicted octanol–water partition coefficient (Wildman–Crippen LogP) is 2.27. The Labute approximate surface area is 93.1 Å². The van der Waals surface area contributed by atoms with Gasteiger partial charge >= 0.3 is 0 Å². The summed E-state index contributed by atoms with van der Waals surface area (Å²) in [6.07, 6.45) is 1.80. The van der Waals surface area contributed by atoms with Gasteiger partial charge < -0.3 is 5.32 Å². The van der Waals surface area contributed by atoms with E-state index in [4.69, 9.17) is 11.6 Å². The fourth-order valence-electron chi connectivity index (χ4n) is 1.60. The largest absolute Gasteiger partial charge is 0.370 e. The molecule has 2 nitrogen and oxygen atoms in total. The van der Waals surface area contributed by atoms with Gasteiger partial charge in [0.1, 0.15) is 11.3 Å². The van der Waals surface area contributed by atoms with Crippen molar-refractivity contribution in [2.75, 3.05) is 0 Å². The second kappa shape index (κ2) is 4.21. The van der Waals surface area contributed by atoms with E-state index in [0.29, 0.717) is 5.56 Å². The van der Waals surface area contributed by atoms with Crippen molar-refractivity contribution in [1.29, 1.82) is 0 Å². The molecule has 1 heterocycles. The summed E-state index contributed by atoms with van der Waals surface area (Å²) in [5, 5.41) is 6.18. The van der Waals surface area contributed by atoms with Crippen LogP contribution in [-0.4, -0.2) is 11.7 Å². The molecule has 80 valence electrons. The average molecular weight is 227 g/mol. The third kappa shape index (κ3) is 2.30. The molecule has 2 atom stereocenters. The first-order valence-corrected chi connectivity index (χ1v) is 5.24. The highest BCUT2D eigenvalue weighted by Gasteiger charge is 2.17. The van der Waals surface area contributed by atoms with Crippen LogP contribution in [0.1, 0.15) is 12.5 Å². The van der Waals surface area contributed by atoms with Gasteiger partial charge in [0.25, 0.3) is 0 Å². The van der Waals surface area contributed by atoms with Gasteiger partial charge in [-0.25, -0.2) is 4.39 Å². The molecule has 1 aromatic rings. The van der Waals surface area contributed by atoms with Crippen molar-refractivity contribution in [3.63, 3.8) is 0 Å². The molecule has 0 saturated carbocycles. The molecule has 0 bridgehead atoms. The highest BCUT2D eigenvalue weighted by Crippen LogP contribution is 2.19. The van der Waals surface area contributed by atoms with Crippen LogP contribution in [0, 0.1) is 5.82 Å². The Morgan fingerprint density at radius 1 is 1.33 bits per heavy atom. The topological polar surface area (TPSA) is 24.1 Å².